The van der Waals surface area contributed by atoms with E-state index in [1.807, 2.05) is 0 Å². The van der Waals surface area contributed by atoms with Crippen LogP contribution in [-0.4, -0.2) is 37.2 Å². The summed E-state index contributed by atoms with van der Waals surface area (Å²) in [6.07, 6.45) is 2.72. The van der Waals surface area contributed by atoms with Crippen molar-refractivity contribution in [3.63, 3.8) is 0 Å². The van der Waals surface area contributed by atoms with E-state index in [2.05, 4.69) is 20.6 Å². The number of carbonyl (C=O) groups excluding carboxylic acids is 1. The van der Waals surface area contributed by atoms with Gasteiger partial charge in [0.2, 0.25) is 5.75 Å². The molecule has 3 rings (SSSR count). The zero-order valence-corrected chi connectivity index (χ0v) is 16.0. The van der Waals surface area contributed by atoms with Gasteiger partial charge >= 0.3 is 0 Å². The molecule has 8 nitrogen and oxygen atoms in total. The van der Waals surface area contributed by atoms with Gasteiger partial charge in [-0.1, -0.05) is 6.07 Å². The van der Waals surface area contributed by atoms with Crippen LogP contribution in [0.2, 0.25) is 0 Å². The fraction of sp³-hybridized carbons (Fsp3) is 0.150. The number of anilines is 3. The van der Waals surface area contributed by atoms with Gasteiger partial charge in [0.05, 0.1) is 33.7 Å². The quantitative estimate of drug-likeness (QED) is 0.627. The fourth-order valence-electron chi connectivity index (χ4n) is 2.57. The number of amides is 1. The van der Waals surface area contributed by atoms with Crippen LogP contribution in [0.5, 0.6) is 17.2 Å². The molecule has 1 amide bonds. The zero-order chi connectivity index (χ0) is 20.8. The SMILES string of the molecule is COc1cc(Nc2cnc(C(=O)Nc3cccc(F)c3)cn2)cc(OC)c1OC. The first kappa shape index (κ1) is 19.9. The van der Waals surface area contributed by atoms with E-state index >= 15 is 0 Å². The largest absolute Gasteiger partial charge is 0.493 e. The molecular weight excluding hydrogens is 379 g/mol. The standard InChI is InChI=1S/C20H19FN4O4/c1-27-16-8-14(9-17(28-2)19(16)29-3)24-18-11-22-15(10-23-18)20(26)25-13-6-4-5-12(21)7-13/h4-11H,1-3H3,(H,23,24)(H,25,26). The van der Waals surface area contributed by atoms with E-state index in [0.717, 1.165) is 0 Å². The van der Waals surface area contributed by atoms with Crippen LogP contribution in [0.15, 0.2) is 48.8 Å². The molecule has 0 saturated heterocycles. The lowest BCUT2D eigenvalue weighted by Crippen LogP contribution is -2.14. The van der Waals surface area contributed by atoms with Crippen molar-refractivity contribution >= 4 is 23.1 Å². The molecule has 0 radical (unpaired) electrons. The number of nitrogens with zero attached hydrogens (tertiary/aromatic N) is 2. The number of hydrogen-bond acceptors (Lipinski definition) is 7. The molecule has 0 aliphatic rings. The number of nitrogens with one attached hydrogen (secondary N) is 2. The molecule has 1 aromatic heterocycles. The van der Waals surface area contributed by atoms with Gasteiger partial charge in [0.1, 0.15) is 17.3 Å². The Balaban J connectivity index is 1.74. The van der Waals surface area contributed by atoms with Gasteiger partial charge < -0.3 is 24.8 Å². The second-order valence-electron chi connectivity index (χ2n) is 5.79. The van der Waals surface area contributed by atoms with Gasteiger partial charge in [-0.05, 0) is 18.2 Å². The van der Waals surface area contributed by atoms with Gasteiger partial charge in [0.15, 0.2) is 11.5 Å². The summed E-state index contributed by atoms with van der Waals surface area (Å²) < 4.78 is 29.1. The second kappa shape index (κ2) is 8.87. The highest BCUT2D eigenvalue weighted by Crippen LogP contribution is 2.40. The van der Waals surface area contributed by atoms with Crippen molar-refractivity contribution in [2.75, 3.05) is 32.0 Å². The maximum absolute atomic E-state index is 13.2. The summed E-state index contributed by atoms with van der Waals surface area (Å²) in [7, 11) is 4.56. The third-order valence-corrected chi connectivity index (χ3v) is 3.90. The van der Waals surface area contributed by atoms with Crippen LogP contribution in [0.4, 0.5) is 21.6 Å². The summed E-state index contributed by atoms with van der Waals surface area (Å²) >= 11 is 0. The van der Waals surface area contributed by atoms with Crippen molar-refractivity contribution in [2.24, 2.45) is 0 Å². The van der Waals surface area contributed by atoms with Crippen molar-refractivity contribution in [1.82, 2.24) is 9.97 Å². The first-order valence-electron chi connectivity index (χ1n) is 8.50. The third kappa shape index (κ3) is 4.70. The van der Waals surface area contributed by atoms with Gasteiger partial charge in [-0.25, -0.2) is 14.4 Å². The number of methoxy groups -OCH3 is 3. The number of ether oxygens (including phenoxy) is 3. The van der Waals surface area contributed by atoms with Gasteiger partial charge in [0.25, 0.3) is 5.91 Å². The van der Waals surface area contributed by atoms with Crippen LogP contribution < -0.4 is 24.8 Å². The number of carbonyl (C=O) groups is 1. The summed E-state index contributed by atoms with van der Waals surface area (Å²) in [5.41, 5.74) is 1.05. The Labute approximate surface area is 166 Å². The zero-order valence-electron chi connectivity index (χ0n) is 16.0. The van der Waals surface area contributed by atoms with Crippen molar-refractivity contribution in [3.8, 4) is 17.2 Å². The van der Waals surface area contributed by atoms with E-state index in [-0.39, 0.29) is 5.69 Å². The predicted octanol–water partition coefficient (Wildman–Crippen LogP) is 3.64. The average molecular weight is 398 g/mol. The molecular formula is C20H19FN4O4. The predicted molar refractivity (Wildman–Crippen MR) is 106 cm³/mol. The average Bonchev–Trinajstić information content (AvgIpc) is 2.73. The lowest BCUT2D eigenvalue weighted by Gasteiger charge is -2.14. The van der Waals surface area contributed by atoms with Crippen LogP contribution in [0, 0.1) is 5.82 Å². The highest BCUT2D eigenvalue weighted by atomic mass is 19.1. The van der Waals surface area contributed by atoms with E-state index in [1.54, 1.807) is 18.2 Å². The van der Waals surface area contributed by atoms with Gasteiger partial charge in [-0.15, -0.1) is 0 Å². The van der Waals surface area contributed by atoms with Crippen LogP contribution in [-0.2, 0) is 0 Å². The Morgan fingerprint density at radius 2 is 1.66 bits per heavy atom. The minimum absolute atomic E-state index is 0.0877. The lowest BCUT2D eigenvalue weighted by atomic mass is 10.2. The Morgan fingerprint density at radius 1 is 0.931 bits per heavy atom. The van der Waals surface area contributed by atoms with E-state index in [4.69, 9.17) is 14.2 Å². The molecule has 0 bridgehead atoms. The lowest BCUT2D eigenvalue weighted by molar-refractivity contribution is 0.102. The number of halogens is 1. The van der Waals surface area contributed by atoms with Crippen LogP contribution >= 0.6 is 0 Å². The molecule has 0 unspecified atom stereocenters. The second-order valence-corrected chi connectivity index (χ2v) is 5.79. The summed E-state index contributed by atoms with van der Waals surface area (Å²) in [5.74, 6) is 0.889. The molecule has 0 aliphatic carbocycles. The molecule has 0 atom stereocenters. The minimum Gasteiger partial charge on any atom is -0.493 e. The maximum atomic E-state index is 13.2. The number of rotatable bonds is 7. The Kier molecular flexibility index (Phi) is 6.08. The van der Waals surface area contributed by atoms with Crippen molar-refractivity contribution in [2.45, 2.75) is 0 Å². The maximum Gasteiger partial charge on any atom is 0.275 e. The first-order chi connectivity index (χ1) is 14.0. The first-order valence-corrected chi connectivity index (χ1v) is 8.50. The molecule has 29 heavy (non-hydrogen) atoms. The normalized spacial score (nSPS) is 10.2. The van der Waals surface area contributed by atoms with E-state index in [1.165, 1.54) is 51.9 Å². The van der Waals surface area contributed by atoms with E-state index in [0.29, 0.717) is 34.4 Å². The minimum atomic E-state index is -0.498. The van der Waals surface area contributed by atoms with E-state index < -0.39 is 11.7 Å². The summed E-state index contributed by atoms with van der Waals surface area (Å²) in [6.45, 7) is 0. The Hall–Kier alpha value is -3.88. The fourth-order valence-corrected chi connectivity index (χ4v) is 2.57. The van der Waals surface area contributed by atoms with Gasteiger partial charge in [0, 0.05) is 23.5 Å². The smallest absolute Gasteiger partial charge is 0.275 e. The highest BCUT2D eigenvalue weighted by molar-refractivity contribution is 6.02. The van der Waals surface area contributed by atoms with Gasteiger partial charge in [-0.2, -0.15) is 0 Å². The van der Waals surface area contributed by atoms with Crippen molar-refractivity contribution < 1.29 is 23.4 Å². The third-order valence-electron chi connectivity index (χ3n) is 3.90. The summed E-state index contributed by atoms with van der Waals surface area (Å²) in [4.78, 5) is 20.5. The topological polar surface area (TPSA) is 94.6 Å². The molecule has 0 saturated carbocycles. The molecule has 0 aliphatic heterocycles. The molecule has 2 aromatic carbocycles. The summed E-state index contributed by atoms with van der Waals surface area (Å²) in [5, 5.41) is 5.62. The monoisotopic (exact) mass is 398 g/mol. The highest BCUT2D eigenvalue weighted by Gasteiger charge is 2.14. The molecule has 0 spiro atoms. The number of benzene rings is 2. The van der Waals surface area contributed by atoms with Crippen molar-refractivity contribution in [3.05, 3.63) is 60.3 Å². The van der Waals surface area contributed by atoms with E-state index in [9.17, 15) is 9.18 Å². The number of hydrogen-bond donors (Lipinski definition) is 2. The van der Waals surface area contributed by atoms with Crippen LogP contribution in [0.25, 0.3) is 0 Å². The van der Waals surface area contributed by atoms with Crippen LogP contribution in [0.1, 0.15) is 10.5 Å². The molecule has 2 N–H and O–H groups in total. The molecule has 150 valence electrons. The Morgan fingerprint density at radius 3 is 2.21 bits per heavy atom. The Bertz CT molecular complexity index is 987. The molecule has 1 heterocycles. The molecule has 3 aromatic rings. The summed E-state index contributed by atoms with van der Waals surface area (Å²) in [6, 6.07) is 9.02. The molecule has 0 fully saturated rings. The van der Waals surface area contributed by atoms with Gasteiger partial charge in [-0.3, -0.25) is 4.79 Å². The van der Waals surface area contributed by atoms with Crippen LogP contribution in [0.3, 0.4) is 0 Å². The molecule has 9 heteroatoms. The van der Waals surface area contributed by atoms with Crippen molar-refractivity contribution in [1.29, 1.82) is 0 Å². The number of aromatic nitrogens is 2.